The van der Waals surface area contributed by atoms with Crippen LogP contribution in [-0.2, 0) is 14.2 Å². The van der Waals surface area contributed by atoms with E-state index in [4.69, 9.17) is 31.4 Å². The number of unbranched alkanes of at least 4 members (excludes halogenated alkanes) is 3. The van der Waals surface area contributed by atoms with Crippen molar-refractivity contribution in [2.45, 2.75) is 135 Å². The summed E-state index contributed by atoms with van der Waals surface area (Å²) in [4.78, 5) is 0. The topological polar surface area (TPSA) is 126 Å². The summed E-state index contributed by atoms with van der Waals surface area (Å²) < 4.78 is 20.4. The third kappa shape index (κ3) is 8.00. The molecule has 0 aromatic heterocycles. The van der Waals surface area contributed by atoms with Crippen LogP contribution in [0, 0.1) is 46.3 Å². The van der Waals surface area contributed by atoms with Crippen LogP contribution in [0.1, 0.15) is 117 Å². The first kappa shape index (κ1) is 35.6. The van der Waals surface area contributed by atoms with E-state index in [1.165, 1.54) is 32.1 Å². The smallest absolute Gasteiger partial charge is 0.0637 e. The van der Waals surface area contributed by atoms with Gasteiger partial charge in [0.25, 0.3) is 0 Å². The predicted molar refractivity (Wildman–Crippen MR) is 176 cm³/mol. The number of hydrogen-bond acceptors (Lipinski definition) is 7. The van der Waals surface area contributed by atoms with E-state index < -0.39 is 0 Å². The standard InChI is InChI=1S/C36H69N3O4/c1-26(11-10-19-40)29-12-13-30-34-31(25-33(36(29,30)3)43-22-9-6-18-39)35(2)15-14-28(41-20-7-4-16-37)23-27(35)24-32(34)42-21-8-5-17-38/h26-34,40H,4-25,37-39H2,1-3H3/t26-,27?,28-,29?,30+,31+,32-,33+,34?,35?,36?/m1/s1. The fourth-order valence-corrected chi connectivity index (χ4v) is 10.7. The summed E-state index contributed by atoms with van der Waals surface area (Å²) in [7, 11) is 0. The molecule has 0 aliphatic heterocycles. The van der Waals surface area contributed by atoms with E-state index in [9.17, 15) is 5.11 Å². The van der Waals surface area contributed by atoms with Gasteiger partial charge in [0.2, 0.25) is 0 Å². The zero-order valence-corrected chi connectivity index (χ0v) is 28.2. The Morgan fingerprint density at radius 2 is 1.40 bits per heavy atom. The number of nitrogens with two attached hydrogens (primary N) is 3. The number of hydrogen-bond donors (Lipinski definition) is 4. The van der Waals surface area contributed by atoms with Crippen LogP contribution >= 0.6 is 0 Å². The molecule has 4 fully saturated rings. The van der Waals surface area contributed by atoms with Gasteiger partial charge in [0.1, 0.15) is 0 Å². The van der Waals surface area contributed by atoms with Crippen LogP contribution in [-0.4, -0.2) is 69.5 Å². The van der Waals surface area contributed by atoms with Gasteiger partial charge in [0.05, 0.1) is 18.3 Å². The van der Waals surface area contributed by atoms with E-state index in [1.54, 1.807) is 0 Å². The van der Waals surface area contributed by atoms with Crippen LogP contribution in [0.2, 0.25) is 0 Å². The zero-order valence-electron chi connectivity index (χ0n) is 28.2. The number of aliphatic hydroxyl groups excluding tert-OH is 1. The van der Waals surface area contributed by atoms with Crippen molar-refractivity contribution in [3.63, 3.8) is 0 Å². The normalized spacial score (nSPS) is 39.7. The second-order valence-corrected chi connectivity index (χ2v) is 15.4. The fourth-order valence-electron chi connectivity index (χ4n) is 10.7. The van der Waals surface area contributed by atoms with E-state index >= 15 is 0 Å². The highest BCUT2D eigenvalue weighted by atomic mass is 16.5. The van der Waals surface area contributed by atoms with E-state index in [0.717, 1.165) is 104 Å². The summed E-state index contributed by atoms with van der Waals surface area (Å²) >= 11 is 0. The third-order valence-corrected chi connectivity index (χ3v) is 13.1. The molecular formula is C36H69N3O4. The highest BCUT2D eigenvalue weighted by Gasteiger charge is 2.66. The zero-order chi connectivity index (χ0) is 30.9. The largest absolute Gasteiger partial charge is 0.396 e. The molecule has 4 aliphatic rings. The Morgan fingerprint density at radius 3 is 2.05 bits per heavy atom. The minimum atomic E-state index is 0.143. The molecular weight excluding hydrogens is 538 g/mol. The SMILES string of the molecule is C[C@H](CCCO)C1CC[C@H]2C3[C@H](OCCCCN)CC4C[C@H](OCCCCN)CCC4(C)[C@H]3C[C@H](OCCCCN)C12C. The molecule has 0 aromatic rings. The third-order valence-electron chi connectivity index (χ3n) is 13.1. The summed E-state index contributed by atoms with van der Waals surface area (Å²) in [6.45, 7) is 12.7. The van der Waals surface area contributed by atoms with Crippen LogP contribution in [0.3, 0.4) is 0 Å². The Hall–Kier alpha value is -0.280. The van der Waals surface area contributed by atoms with Gasteiger partial charge in [-0.1, -0.05) is 20.8 Å². The van der Waals surface area contributed by atoms with Gasteiger partial charge in [-0.25, -0.2) is 0 Å². The average Bonchev–Trinajstić information content (AvgIpc) is 3.37. The average molecular weight is 608 g/mol. The molecule has 0 radical (unpaired) electrons. The summed E-state index contributed by atoms with van der Waals surface area (Å²) in [5, 5.41) is 9.64. The van der Waals surface area contributed by atoms with Crippen LogP contribution < -0.4 is 17.2 Å². The van der Waals surface area contributed by atoms with Gasteiger partial charge < -0.3 is 36.5 Å². The van der Waals surface area contributed by atoms with E-state index in [0.29, 0.717) is 53.1 Å². The Labute approximate surface area is 264 Å². The molecule has 0 amide bonds. The summed E-state index contributed by atoms with van der Waals surface area (Å²) in [5.41, 5.74) is 17.9. The minimum absolute atomic E-state index is 0.143. The molecule has 4 rings (SSSR count). The highest BCUT2D eigenvalue weighted by Crippen LogP contribution is 2.69. The molecule has 7 heteroatoms. The molecule has 252 valence electrons. The first-order valence-electron chi connectivity index (χ1n) is 18.4. The van der Waals surface area contributed by atoms with Gasteiger partial charge in [0, 0.05) is 31.8 Å². The number of ether oxygens (including phenoxy) is 3. The van der Waals surface area contributed by atoms with E-state index in [-0.39, 0.29) is 18.1 Å². The Bertz CT molecular complexity index is 802. The van der Waals surface area contributed by atoms with Crippen molar-refractivity contribution >= 4 is 0 Å². The maximum absolute atomic E-state index is 9.64. The number of aliphatic hydroxyl groups is 1. The molecule has 0 saturated heterocycles. The van der Waals surface area contributed by atoms with Gasteiger partial charge in [-0.15, -0.1) is 0 Å². The molecule has 43 heavy (non-hydrogen) atoms. The first-order chi connectivity index (χ1) is 20.8. The lowest BCUT2D eigenvalue weighted by molar-refractivity contribution is -0.227. The van der Waals surface area contributed by atoms with Gasteiger partial charge in [0.15, 0.2) is 0 Å². The lowest BCUT2D eigenvalue weighted by Crippen LogP contribution is -2.63. The molecule has 0 heterocycles. The van der Waals surface area contributed by atoms with Crippen molar-refractivity contribution in [3.05, 3.63) is 0 Å². The predicted octanol–water partition coefficient (Wildman–Crippen LogP) is 5.65. The molecule has 0 bridgehead atoms. The second kappa shape index (κ2) is 17.0. The van der Waals surface area contributed by atoms with Crippen molar-refractivity contribution in [2.75, 3.05) is 46.1 Å². The molecule has 0 aromatic carbocycles. The van der Waals surface area contributed by atoms with Gasteiger partial charge in [-0.05, 0) is 157 Å². The highest BCUT2D eigenvalue weighted by molar-refractivity contribution is 5.15. The summed E-state index contributed by atoms with van der Waals surface area (Å²) in [6.07, 6.45) is 17.7. The Kier molecular flexibility index (Phi) is 14.1. The van der Waals surface area contributed by atoms with Gasteiger partial charge >= 0.3 is 0 Å². The monoisotopic (exact) mass is 608 g/mol. The van der Waals surface area contributed by atoms with Crippen molar-refractivity contribution in [2.24, 2.45) is 63.5 Å². The second-order valence-electron chi connectivity index (χ2n) is 15.4. The molecule has 0 spiro atoms. The molecule has 5 unspecified atom stereocenters. The Balaban J connectivity index is 1.61. The minimum Gasteiger partial charge on any atom is -0.396 e. The maximum atomic E-state index is 9.64. The van der Waals surface area contributed by atoms with Crippen molar-refractivity contribution in [1.29, 1.82) is 0 Å². The number of rotatable bonds is 19. The molecule has 11 atom stereocenters. The maximum Gasteiger partial charge on any atom is 0.0637 e. The van der Waals surface area contributed by atoms with Crippen molar-refractivity contribution in [1.82, 2.24) is 0 Å². The molecule has 4 aliphatic carbocycles. The quantitative estimate of drug-likeness (QED) is 0.140. The van der Waals surface area contributed by atoms with E-state index in [1.807, 2.05) is 0 Å². The lowest BCUT2D eigenvalue weighted by atomic mass is 9.43. The first-order valence-corrected chi connectivity index (χ1v) is 18.4. The van der Waals surface area contributed by atoms with Gasteiger partial charge in [-0.3, -0.25) is 0 Å². The van der Waals surface area contributed by atoms with Crippen LogP contribution in [0.15, 0.2) is 0 Å². The fraction of sp³-hybridized carbons (Fsp3) is 1.00. The van der Waals surface area contributed by atoms with Crippen molar-refractivity contribution in [3.8, 4) is 0 Å². The lowest BCUT2D eigenvalue weighted by Gasteiger charge is -2.65. The summed E-state index contributed by atoms with van der Waals surface area (Å²) in [6, 6.07) is 0. The van der Waals surface area contributed by atoms with Gasteiger partial charge in [-0.2, -0.15) is 0 Å². The molecule has 7 nitrogen and oxygen atoms in total. The van der Waals surface area contributed by atoms with Crippen LogP contribution in [0.5, 0.6) is 0 Å². The van der Waals surface area contributed by atoms with Crippen molar-refractivity contribution < 1.29 is 19.3 Å². The van der Waals surface area contributed by atoms with E-state index in [2.05, 4.69) is 20.8 Å². The molecule has 4 saturated carbocycles. The number of fused-ring (bicyclic) bond motifs is 5. The Morgan fingerprint density at radius 1 is 0.744 bits per heavy atom. The summed E-state index contributed by atoms with van der Waals surface area (Å²) in [5.74, 6) is 3.68. The van der Waals surface area contributed by atoms with Crippen LogP contribution in [0.25, 0.3) is 0 Å². The van der Waals surface area contributed by atoms with Crippen LogP contribution in [0.4, 0.5) is 0 Å². The molecule has 7 N–H and O–H groups in total.